The van der Waals surface area contributed by atoms with Gasteiger partial charge in [-0.25, -0.2) is 0 Å². The Morgan fingerprint density at radius 2 is 0.787 bits per heavy atom. The van der Waals surface area contributed by atoms with Crippen LogP contribution >= 0.6 is 0 Å². The van der Waals surface area contributed by atoms with E-state index in [0.29, 0.717) is 12.8 Å². The number of nitrogens with one attached hydrogen (secondary N) is 1. The van der Waals surface area contributed by atoms with Crippen LogP contribution in [0.25, 0.3) is 0 Å². The number of rotatable bonds is 50. The van der Waals surface area contributed by atoms with E-state index in [4.69, 9.17) is 28.4 Å². The van der Waals surface area contributed by atoms with Gasteiger partial charge in [-0.2, -0.15) is 0 Å². The van der Waals surface area contributed by atoms with Gasteiger partial charge < -0.3 is 89.9 Å². The third-order valence-electron chi connectivity index (χ3n) is 16.4. The Labute approximate surface area is 533 Å². The zero-order valence-corrected chi connectivity index (χ0v) is 53.9. The molecule has 0 radical (unpaired) electrons. The minimum Gasteiger partial charge on any atom is -0.394 e. The van der Waals surface area contributed by atoms with Crippen LogP contribution in [0, 0.1) is 0 Å². The summed E-state index contributed by atoms with van der Waals surface area (Å²) in [6.07, 6.45) is 39.5. The van der Waals surface area contributed by atoms with Gasteiger partial charge in [-0.05, 0) is 83.5 Å². The van der Waals surface area contributed by atoms with Gasteiger partial charge in [0.25, 0.3) is 0 Å². The number of carbonyl (C=O) groups excluding carboxylic acids is 1. The highest BCUT2D eigenvalue weighted by Crippen LogP contribution is 2.33. The number of ether oxygens (including phenoxy) is 6. The average Bonchev–Trinajstić information content (AvgIpc) is 2.42. The van der Waals surface area contributed by atoms with Crippen molar-refractivity contribution in [2.24, 2.45) is 0 Å². The highest BCUT2D eigenvalue weighted by molar-refractivity contribution is 5.76. The Bertz CT molecular complexity index is 1990. The molecule has 3 aliphatic rings. The Hall–Kier alpha value is -3.29. The van der Waals surface area contributed by atoms with Gasteiger partial charge in [0.2, 0.25) is 5.91 Å². The smallest absolute Gasteiger partial charge is 0.220 e. The van der Waals surface area contributed by atoms with Gasteiger partial charge in [-0.15, -0.1) is 0 Å². The third-order valence-corrected chi connectivity index (χ3v) is 16.4. The molecule has 512 valence electrons. The maximum Gasteiger partial charge on any atom is 0.220 e. The van der Waals surface area contributed by atoms with Gasteiger partial charge in [-0.3, -0.25) is 4.79 Å². The molecular weight excluding hydrogens is 1140 g/mol. The number of aliphatic hydroxyl groups excluding tert-OH is 11. The minimum absolute atomic E-state index is 0.224. The van der Waals surface area contributed by atoms with Crippen molar-refractivity contribution in [2.45, 2.75) is 311 Å². The first-order valence-corrected chi connectivity index (χ1v) is 34.0. The lowest BCUT2D eigenvalue weighted by Gasteiger charge is -2.48. The molecule has 12 N–H and O–H groups in total. The van der Waals surface area contributed by atoms with Crippen molar-refractivity contribution < 1.29 is 89.4 Å². The molecule has 3 aliphatic heterocycles. The summed E-state index contributed by atoms with van der Waals surface area (Å²) in [5, 5.41) is 120. The summed E-state index contributed by atoms with van der Waals surface area (Å²) >= 11 is 0. The van der Waals surface area contributed by atoms with Crippen LogP contribution in [0.2, 0.25) is 0 Å². The lowest BCUT2D eigenvalue weighted by atomic mass is 9.96. The fourth-order valence-electron chi connectivity index (χ4n) is 10.9. The first-order chi connectivity index (χ1) is 43.3. The molecule has 19 nitrogen and oxygen atoms in total. The van der Waals surface area contributed by atoms with Crippen molar-refractivity contribution in [1.82, 2.24) is 5.32 Å². The van der Waals surface area contributed by atoms with Crippen molar-refractivity contribution >= 4 is 5.91 Å². The van der Waals surface area contributed by atoms with Gasteiger partial charge in [0.05, 0.1) is 38.6 Å². The molecule has 19 heteroatoms. The number of hydrogen-bond acceptors (Lipinski definition) is 18. The fourth-order valence-corrected chi connectivity index (χ4v) is 10.9. The standard InChI is InChI=1S/C70H119NO18/c1-3-5-7-9-11-13-15-17-19-20-21-22-23-24-25-26-27-28-29-30-31-32-34-36-38-40-42-44-46-48-58(76)71-53(54(75)47-45-43-41-39-37-35-33-18-16-14-12-10-8-6-4-2)52-84-68-64(82)61(79)66(56(50-73)86-68)89-70-65(83)62(80)67(57(51-74)87-70)88-69-63(81)60(78)59(77)55(49-72)85-69/h5,7,11,13,17,19,21-22,24-25,27-28,37,39,45,47,53-57,59-70,72-75,77-83H,3-4,6,8-10,12,14-16,18,20,23,26,29-36,38,40-44,46,48-52H2,1-2H3,(H,71,76)/b7-5-,13-11-,19-17-,22-21-,25-24-,28-27-,39-37+,47-45+. The molecule has 17 atom stereocenters. The SMILES string of the molecule is CC/C=C\C/C=C\C/C=C\C/C=C\C/C=C\C/C=C\CCCCCCCCCCCCC(=O)NC(COC1OC(CO)C(OC2OC(CO)C(OC3OC(CO)C(O)C(O)C3O)C(O)C2O)C(O)C1O)C(O)/C=C/CC/C=C/CCCCCCCCCCC. The second-order valence-corrected chi connectivity index (χ2v) is 23.9. The second kappa shape index (κ2) is 51.2. The molecular formula is C70H119NO18. The number of unbranched alkanes of at least 4 members (excludes halogenated alkanes) is 20. The fraction of sp³-hybridized carbons (Fsp3) is 0.757. The molecule has 3 heterocycles. The molecule has 0 saturated carbocycles. The summed E-state index contributed by atoms with van der Waals surface area (Å²) in [5.74, 6) is -0.295. The van der Waals surface area contributed by atoms with Crippen LogP contribution in [0.3, 0.4) is 0 Å². The average molecular weight is 1260 g/mol. The highest BCUT2D eigenvalue weighted by Gasteiger charge is 2.53. The van der Waals surface area contributed by atoms with Crippen molar-refractivity contribution in [3.8, 4) is 0 Å². The summed E-state index contributed by atoms with van der Waals surface area (Å²) in [5.41, 5.74) is 0. The van der Waals surface area contributed by atoms with Crippen molar-refractivity contribution in [2.75, 3.05) is 26.4 Å². The lowest BCUT2D eigenvalue weighted by Crippen LogP contribution is -2.66. The maximum absolute atomic E-state index is 13.4. The maximum atomic E-state index is 13.4. The quantitative estimate of drug-likeness (QED) is 0.0201. The predicted molar refractivity (Wildman–Crippen MR) is 346 cm³/mol. The molecule has 17 unspecified atom stereocenters. The van der Waals surface area contributed by atoms with Crippen molar-refractivity contribution in [3.63, 3.8) is 0 Å². The van der Waals surface area contributed by atoms with Gasteiger partial charge in [0.15, 0.2) is 18.9 Å². The number of carbonyl (C=O) groups is 1. The normalized spacial score (nSPS) is 28.8. The van der Waals surface area contributed by atoms with Crippen molar-refractivity contribution in [3.05, 3.63) is 97.2 Å². The molecule has 89 heavy (non-hydrogen) atoms. The molecule has 3 saturated heterocycles. The molecule has 0 aromatic carbocycles. The predicted octanol–water partition coefficient (Wildman–Crippen LogP) is 8.49. The molecule has 3 rings (SSSR count). The minimum atomic E-state index is -1.99. The van der Waals surface area contributed by atoms with Crippen LogP contribution in [0.1, 0.15) is 206 Å². The van der Waals surface area contributed by atoms with Crippen LogP contribution in [0.5, 0.6) is 0 Å². The van der Waals surface area contributed by atoms with E-state index in [1.165, 1.54) is 83.5 Å². The van der Waals surface area contributed by atoms with E-state index < -0.39 is 124 Å². The van der Waals surface area contributed by atoms with Crippen molar-refractivity contribution in [1.29, 1.82) is 0 Å². The molecule has 0 aliphatic carbocycles. The van der Waals surface area contributed by atoms with Gasteiger partial charge in [-0.1, -0.05) is 214 Å². The van der Waals surface area contributed by atoms with Gasteiger partial charge in [0.1, 0.15) is 73.2 Å². The van der Waals surface area contributed by atoms with E-state index in [-0.39, 0.29) is 18.9 Å². The molecule has 1 amide bonds. The summed E-state index contributed by atoms with van der Waals surface area (Å²) in [4.78, 5) is 13.4. The van der Waals surface area contributed by atoms with Crippen LogP contribution in [0.4, 0.5) is 0 Å². The van der Waals surface area contributed by atoms with Crippen LogP contribution in [-0.2, 0) is 33.2 Å². The Kier molecular flexibility index (Phi) is 46.0. The molecule has 0 aromatic heterocycles. The Morgan fingerprint density at radius 1 is 0.416 bits per heavy atom. The first-order valence-electron chi connectivity index (χ1n) is 34.0. The number of aliphatic hydroxyl groups is 11. The second-order valence-electron chi connectivity index (χ2n) is 23.9. The largest absolute Gasteiger partial charge is 0.394 e. The number of hydrogen-bond donors (Lipinski definition) is 12. The van der Waals surface area contributed by atoms with E-state index in [0.717, 1.165) is 89.9 Å². The van der Waals surface area contributed by atoms with E-state index in [1.54, 1.807) is 6.08 Å². The van der Waals surface area contributed by atoms with Gasteiger partial charge in [0, 0.05) is 6.42 Å². The van der Waals surface area contributed by atoms with Crippen LogP contribution in [0.15, 0.2) is 97.2 Å². The van der Waals surface area contributed by atoms with Crippen LogP contribution < -0.4 is 5.32 Å². The van der Waals surface area contributed by atoms with Crippen LogP contribution in [-0.4, -0.2) is 193 Å². The van der Waals surface area contributed by atoms with E-state index in [2.05, 4.69) is 104 Å². The van der Waals surface area contributed by atoms with E-state index in [1.807, 2.05) is 6.08 Å². The monoisotopic (exact) mass is 1260 g/mol. The molecule has 0 bridgehead atoms. The zero-order chi connectivity index (χ0) is 64.7. The Morgan fingerprint density at radius 3 is 1.26 bits per heavy atom. The summed E-state index contributed by atoms with van der Waals surface area (Å²) in [6.45, 7) is 1.57. The van der Waals surface area contributed by atoms with E-state index >= 15 is 0 Å². The molecule has 3 fully saturated rings. The third kappa shape index (κ3) is 33.4. The topological polar surface area (TPSA) is 307 Å². The first kappa shape index (κ1) is 79.9. The summed E-state index contributed by atoms with van der Waals surface area (Å²) in [6, 6.07) is -0.998. The molecule has 0 aromatic rings. The number of amides is 1. The van der Waals surface area contributed by atoms with Gasteiger partial charge >= 0.3 is 0 Å². The number of allylic oxidation sites excluding steroid dienone is 15. The Balaban J connectivity index is 1.43. The summed E-state index contributed by atoms with van der Waals surface area (Å²) in [7, 11) is 0. The lowest BCUT2D eigenvalue weighted by molar-refractivity contribution is -0.379. The zero-order valence-electron chi connectivity index (χ0n) is 53.9. The highest BCUT2D eigenvalue weighted by atomic mass is 16.8. The van der Waals surface area contributed by atoms with E-state index in [9.17, 15) is 61.0 Å². The molecule has 0 spiro atoms. The summed E-state index contributed by atoms with van der Waals surface area (Å²) < 4.78 is 34.3.